The van der Waals surface area contributed by atoms with Crippen LogP contribution in [0.3, 0.4) is 0 Å². The van der Waals surface area contributed by atoms with Crippen molar-refractivity contribution < 1.29 is 9.59 Å². The van der Waals surface area contributed by atoms with E-state index in [0.717, 1.165) is 12.1 Å². The van der Waals surface area contributed by atoms with Gasteiger partial charge in [0.15, 0.2) is 0 Å². The molecule has 1 aromatic carbocycles. The van der Waals surface area contributed by atoms with E-state index in [1.54, 1.807) is 4.90 Å². The first kappa shape index (κ1) is 13.5. The van der Waals surface area contributed by atoms with Crippen molar-refractivity contribution in [2.75, 3.05) is 18.0 Å². The van der Waals surface area contributed by atoms with Crippen LogP contribution in [-0.4, -0.2) is 30.9 Å². The highest BCUT2D eigenvalue weighted by atomic mass is 16.2. The second-order valence-corrected chi connectivity index (χ2v) is 4.63. The van der Waals surface area contributed by atoms with E-state index in [4.69, 9.17) is 5.73 Å². The van der Waals surface area contributed by atoms with Crippen molar-refractivity contribution in [1.29, 1.82) is 0 Å². The molecule has 1 saturated heterocycles. The van der Waals surface area contributed by atoms with E-state index in [0.29, 0.717) is 19.5 Å². The standard InChI is InChI=1S/C14H19N3O2/c15-9-8-13(18)16-12-7-4-10-17(14(12)19)11-5-2-1-3-6-11/h1-3,5-6,12H,4,7-10,15H2,(H,16,18). The van der Waals surface area contributed by atoms with Crippen LogP contribution in [-0.2, 0) is 9.59 Å². The van der Waals surface area contributed by atoms with Crippen LogP contribution in [0.2, 0.25) is 0 Å². The fourth-order valence-corrected chi connectivity index (χ4v) is 2.27. The van der Waals surface area contributed by atoms with Crippen LogP contribution in [0.4, 0.5) is 5.69 Å². The second-order valence-electron chi connectivity index (χ2n) is 4.63. The predicted octanol–water partition coefficient (Wildman–Crippen LogP) is 0.647. The van der Waals surface area contributed by atoms with Gasteiger partial charge in [-0.3, -0.25) is 9.59 Å². The van der Waals surface area contributed by atoms with Gasteiger partial charge in [-0.15, -0.1) is 0 Å². The third-order valence-electron chi connectivity index (χ3n) is 3.21. The van der Waals surface area contributed by atoms with E-state index in [1.165, 1.54) is 0 Å². The SMILES string of the molecule is NCCC(=O)NC1CCCN(c2ccccc2)C1=O. The van der Waals surface area contributed by atoms with Gasteiger partial charge in [-0.05, 0) is 25.0 Å². The molecule has 19 heavy (non-hydrogen) atoms. The first-order valence-corrected chi connectivity index (χ1v) is 6.58. The Bertz CT molecular complexity index is 447. The third kappa shape index (κ3) is 3.32. The number of benzene rings is 1. The van der Waals surface area contributed by atoms with Crippen molar-refractivity contribution in [1.82, 2.24) is 5.32 Å². The number of carbonyl (C=O) groups is 2. The Morgan fingerprint density at radius 3 is 2.79 bits per heavy atom. The highest BCUT2D eigenvalue weighted by Crippen LogP contribution is 2.20. The summed E-state index contributed by atoms with van der Waals surface area (Å²) in [5, 5.41) is 2.76. The number of rotatable bonds is 4. The van der Waals surface area contributed by atoms with Crippen LogP contribution in [0, 0.1) is 0 Å². The summed E-state index contributed by atoms with van der Waals surface area (Å²) >= 11 is 0. The summed E-state index contributed by atoms with van der Waals surface area (Å²) in [5.74, 6) is -0.196. The van der Waals surface area contributed by atoms with Gasteiger partial charge in [0, 0.05) is 25.2 Å². The number of hydrogen-bond acceptors (Lipinski definition) is 3. The minimum Gasteiger partial charge on any atom is -0.344 e. The Morgan fingerprint density at radius 2 is 2.11 bits per heavy atom. The number of anilines is 1. The Kier molecular flexibility index (Phi) is 4.52. The van der Waals surface area contributed by atoms with Crippen LogP contribution >= 0.6 is 0 Å². The molecule has 5 nitrogen and oxygen atoms in total. The van der Waals surface area contributed by atoms with E-state index in [2.05, 4.69) is 5.32 Å². The molecule has 1 atom stereocenters. The lowest BCUT2D eigenvalue weighted by molar-refractivity contribution is -0.128. The number of piperidine rings is 1. The Morgan fingerprint density at radius 1 is 1.37 bits per heavy atom. The number of nitrogens with one attached hydrogen (secondary N) is 1. The van der Waals surface area contributed by atoms with Gasteiger partial charge >= 0.3 is 0 Å². The summed E-state index contributed by atoms with van der Waals surface area (Å²) in [5.41, 5.74) is 6.21. The second kappa shape index (κ2) is 6.33. The first-order valence-electron chi connectivity index (χ1n) is 6.58. The topological polar surface area (TPSA) is 75.4 Å². The fourth-order valence-electron chi connectivity index (χ4n) is 2.27. The van der Waals surface area contributed by atoms with Gasteiger partial charge in [-0.2, -0.15) is 0 Å². The molecule has 1 aliphatic heterocycles. The number of nitrogens with two attached hydrogens (primary N) is 1. The maximum absolute atomic E-state index is 12.3. The molecule has 1 fully saturated rings. The number of carbonyl (C=O) groups excluding carboxylic acids is 2. The minimum atomic E-state index is -0.423. The average Bonchev–Trinajstić information content (AvgIpc) is 2.42. The summed E-state index contributed by atoms with van der Waals surface area (Å²) < 4.78 is 0. The molecular formula is C14H19N3O2. The van der Waals surface area contributed by atoms with E-state index >= 15 is 0 Å². The smallest absolute Gasteiger partial charge is 0.249 e. The summed E-state index contributed by atoms with van der Waals surface area (Å²) in [6.07, 6.45) is 1.84. The monoisotopic (exact) mass is 261 g/mol. The van der Waals surface area contributed by atoms with Crippen LogP contribution < -0.4 is 16.0 Å². The summed E-state index contributed by atoms with van der Waals surface area (Å²) in [4.78, 5) is 25.6. The molecule has 3 N–H and O–H groups in total. The maximum atomic E-state index is 12.3. The van der Waals surface area contributed by atoms with Crippen molar-refractivity contribution in [3.05, 3.63) is 30.3 Å². The van der Waals surface area contributed by atoms with Gasteiger partial charge < -0.3 is 16.0 Å². The van der Waals surface area contributed by atoms with Crippen molar-refractivity contribution in [2.24, 2.45) is 5.73 Å². The fraction of sp³-hybridized carbons (Fsp3) is 0.429. The molecule has 0 aromatic heterocycles. The van der Waals surface area contributed by atoms with E-state index in [-0.39, 0.29) is 18.2 Å². The van der Waals surface area contributed by atoms with Crippen molar-refractivity contribution in [3.8, 4) is 0 Å². The molecule has 1 heterocycles. The Hall–Kier alpha value is -1.88. The van der Waals surface area contributed by atoms with Crippen LogP contribution in [0.5, 0.6) is 0 Å². The largest absolute Gasteiger partial charge is 0.344 e. The molecule has 5 heteroatoms. The van der Waals surface area contributed by atoms with Gasteiger partial charge in [0.05, 0.1) is 0 Å². The Labute approximate surface area is 112 Å². The zero-order valence-electron chi connectivity index (χ0n) is 10.8. The zero-order chi connectivity index (χ0) is 13.7. The van der Waals surface area contributed by atoms with Gasteiger partial charge in [-0.1, -0.05) is 18.2 Å². The lowest BCUT2D eigenvalue weighted by Gasteiger charge is -2.32. The molecular weight excluding hydrogens is 242 g/mol. The minimum absolute atomic E-state index is 0.0391. The number of amides is 2. The van der Waals surface area contributed by atoms with Crippen LogP contribution in [0.15, 0.2) is 30.3 Å². The quantitative estimate of drug-likeness (QED) is 0.835. The lowest BCUT2D eigenvalue weighted by atomic mass is 10.0. The molecule has 2 rings (SSSR count). The molecule has 102 valence electrons. The molecule has 0 spiro atoms. The van der Waals surface area contributed by atoms with Crippen molar-refractivity contribution in [3.63, 3.8) is 0 Å². The predicted molar refractivity (Wildman–Crippen MR) is 73.6 cm³/mol. The molecule has 0 radical (unpaired) electrons. The average molecular weight is 261 g/mol. The van der Waals surface area contributed by atoms with E-state index in [9.17, 15) is 9.59 Å². The molecule has 2 amide bonds. The van der Waals surface area contributed by atoms with Gasteiger partial charge in [0.2, 0.25) is 11.8 Å². The van der Waals surface area contributed by atoms with Gasteiger partial charge in [0.25, 0.3) is 0 Å². The van der Waals surface area contributed by atoms with Crippen molar-refractivity contribution >= 4 is 17.5 Å². The summed E-state index contributed by atoms with van der Waals surface area (Å²) in [6, 6.07) is 9.11. The zero-order valence-corrected chi connectivity index (χ0v) is 10.8. The molecule has 0 saturated carbocycles. The van der Waals surface area contributed by atoms with Gasteiger partial charge in [-0.25, -0.2) is 0 Å². The highest BCUT2D eigenvalue weighted by Gasteiger charge is 2.30. The number of para-hydroxylation sites is 1. The highest BCUT2D eigenvalue weighted by molar-refractivity contribution is 5.99. The van der Waals surface area contributed by atoms with E-state index < -0.39 is 6.04 Å². The molecule has 1 aromatic rings. The molecule has 1 unspecified atom stereocenters. The lowest BCUT2D eigenvalue weighted by Crippen LogP contribution is -2.52. The summed E-state index contributed by atoms with van der Waals surface area (Å²) in [7, 11) is 0. The van der Waals surface area contributed by atoms with Crippen LogP contribution in [0.1, 0.15) is 19.3 Å². The normalized spacial score (nSPS) is 19.3. The van der Waals surface area contributed by atoms with Gasteiger partial charge in [0.1, 0.15) is 6.04 Å². The van der Waals surface area contributed by atoms with Crippen LogP contribution in [0.25, 0.3) is 0 Å². The molecule has 1 aliphatic rings. The van der Waals surface area contributed by atoms with Crippen molar-refractivity contribution in [2.45, 2.75) is 25.3 Å². The van der Waals surface area contributed by atoms with E-state index in [1.807, 2.05) is 30.3 Å². The maximum Gasteiger partial charge on any atom is 0.249 e. The molecule has 0 aliphatic carbocycles. The molecule has 0 bridgehead atoms. The number of hydrogen-bond donors (Lipinski definition) is 2. The first-order chi connectivity index (χ1) is 9.22. The Balaban J connectivity index is 2.04. The third-order valence-corrected chi connectivity index (χ3v) is 3.21. The number of nitrogens with zero attached hydrogens (tertiary/aromatic N) is 1. The summed E-state index contributed by atoms with van der Waals surface area (Å²) in [6.45, 7) is 1.00.